The summed E-state index contributed by atoms with van der Waals surface area (Å²) < 4.78 is 83.8. The fourth-order valence-electron chi connectivity index (χ4n) is 3.91. The van der Waals surface area contributed by atoms with Gasteiger partial charge in [-0.2, -0.15) is 26.3 Å². The number of thiazole rings is 1. The molecule has 1 aromatic carbocycles. The SMILES string of the molecule is Cc1cnc(-c2cc(O[C@H]3CCNC(C(F)(F)F)C3)cc(C(=O)N[C@H](C)c3cnc(C(F)(F)F)nc3)c2)s1. The second kappa shape index (κ2) is 10.8. The van der Waals surface area contributed by atoms with E-state index in [-0.39, 0.29) is 29.8 Å². The summed E-state index contributed by atoms with van der Waals surface area (Å²) in [6, 6.07) is 2.17. The molecule has 204 valence electrons. The Bertz CT molecular complexity index is 1280. The molecule has 0 radical (unpaired) electrons. The van der Waals surface area contributed by atoms with Crippen LogP contribution in [0.3, 0.4) is 0 Å². The lowest BCUT2D eigenvalue weighted by Gasteiger charge is -2.32. The summed E-state index contributed by atoms with van der Waals surface area (Å²) >= 11 is 1.37. The molecule has 0 spiro atoms. The first-order valence-corrected chi connectivity index (χ1v) is 12.4. The summed E-state index contributed by atoms with van der Waals surface area (Å²) in [4.78, 5) is 25.0. The third kappa shape index (κ3) is 6.78. The zero-order valence-electron chi connectivity index (χ0n) is 20.2. The van der Waals surface area contributed by atoms with Gasteiger partial charge in [-0.05, 0) is 45.0 Å². The second-order valence-corrected chi connectivity index (χ2v) is 10.1. The second-order valence-electron chi connectivity index (χ2n) is 8.87. The van der Waals surface area contributed by atoms with Crippen molar-refractivity contribution in [1.82, 2.24) is 25.6 Å². The number of alkyl halides is 6. The molecule has 1 amide bonds. The molecule has 0 bridgehead atoms. The monoisotopic (exact) mass is 559 g/mol. The van der Waals surface area contributed by atoms with Crippen molar-refractivity contribution in [1.29, 1.82) is 0 Å². The van der Waals surface area contributed by atoms with E-state index in [1.54, 1.807) is 25.3 Å². The smallest absolute Gasteiger partial charge is 0.451 e. The fourth-order valence-corrected chi connectivity index (χ4v) is 4.66. The molecular weight excluding hydrogens is 536 g/mol. The normalized spacial score (nSPS) is 19.2. The average molecular weight is 560 g/mol. The number of rotatable bonds is 6. The number of nitrogens with one attached hydrogen (secondary N) is 2. The van der Waals surface area contributed by atoms with Gasteiger partial charge in [-0.3, -0.25) is 4.79 Å². The summed E-state index contributed by atoms with van der Waals surface area (Å²) in [7, 11) is 0. The van der Waals surface area contributed by atoms with Gasteiger partial charge in [0, 0.05) is 46.6 Å². The number of hydrogen-bond acceptors (Lipinski definition) is 7. The van der Waals surface area contributed by atoms with Gasteiger partial charge in [0.1, 0.15) is 22.9 Å². The predicted octanol–water partition coefficient (Wildman–Crippen LogP) is 5.48. The van der Waals surface area contributed by atoms with Gasteiger partial charge >= 0.3 is 12.4 Å². The van der Waals surface area contributed by atoms with Crippen molar-refractivity contribution >= 4 is 17.2 Å². The lowest BCUT2D eigenvalue weighted by atomic mass is 10.0. The first kappa shape index (κ1) is 27.8. The van der Waals surface area contributed by atoms with E-state index >= 15 is 0 Å². The molecule has 3 heterocycles. The number of carbonyl (C=O) groups excluding carboxylic acids is 1. The van der Waals surface area contributed by atoms with Crippen LogP contribution in [0.2, 0.25) is 0 Å². The van der Waals surface area contributed by atoms with Gasteiger partial charge in [0.15, 0.2) is 0 Å². The highest BCUT2D eigenvalue weighted by atomic mass is 32.1. The highest BCUT2D eigenvalue weighted by Gasteiger charge is 2.43. The number of aryl methyl sites for hydroxylation is 1. The van der Waals surface area contributed by atoms with Gasteiger partial charge < -0.3 is 15.4 Å². The van der Waals surface area contributed by atoms with E-state index < -0.39 is 42.3 Å². The Labute approximate surface area is 217 Å². The zero-order chi connectivity index (χ0) is 27.7. The molecule has 38 heavy (non-hydrogen) atoms. The minimum Gasteiger partial charge on any atom is -0.490 e. The molecule has 0 saturated carbocycles. The third-order valence-corrected chi connectivity index (χ3v) is 6.83. The Morgan fingerprint density at radius 1 is 1.11 bits per heavy atom. The Morgan fingerprint density at radius 2 is 1.82 bits per heavy atom. The van der Waals surface area contributed by atoms with E-state index in [1.807, 2.05) is 6.92 Å². The molecule has 1 aliphatic heterocycles. The predicted molar refractivity (Wildman–Crippen MR) is 127 cm³/mol. The average Bonchev–Trinajstić information content (AvgIpc) is 3.29. The summed E-state index contributed by atoms with van der Waals surface area (Å²) in [5.74, 6) is -1.66. The van der Waals surface area contributed by atoms with Crippen molar-refractivity contribution in [3.63, 3.8) is 0 Å². The summed E-state index contributed by atoms with van der Waals surface area (Å²) in [5.41, 5.74) is 0.936. The minimum atomic E-state index is -4.69. The number of benzene rings is 1. The molecule has 1 fully saturated rings. The Hall–Kier alpha value is -3.26. The molecule has 2 aromatic heterocycles. The van der Waals surface area contributed by atoms with Crippen LogP contribution in [-0.2, 0) is 6.18 Å². The molecule has 14 heteroatoms. The molecule has 2 N–H and O–H groups in total. The molecular formula is C24H23F6N5O2S. The van der Waals surface area contributed by atoms with Crippen LogP contribution in [0, 0.1) is 6.92 Å². The maximum atomic E-state index is 13.2. The van der Waals surface area contributed by atoms with Crippen molar-refractivity contribution in [3.8, 4) is 16.3 Å². The van der Waals surface area contributed by atoms with Crippen LogP contribution in [-0.4, -0.2) is 45.7 Å². The number of aromatic nitrogens is 3. The zero-order valence-corrected chi connectivity index (χ0v) is 21.0. The van der Waals surface area contributed by atoms with Crippen LogP contribution in [0.25, 0.3) is 10.6 Å². The van der Waals surface area contributed by atoms with Crippen LogP contribution in [0.4, 0.5) is 26.3 Å². The minimum absolute atomic E-state index is 0.125. The number of nitrogens with zero attached hydrogens (tertiary/aromatic N) is 3. The van der Waals surface area contributed by atoms with Gasteiger partial charge in [0.05, 0.1) is 6.04 Å². The van der Waals surface area contributed by atoms with E-state index in [2.05, 4.69) is 25.6 Å². The van der Waals surface area contributed by atoms with Crippen LogP contribution in [0.5, 0.6) is 5.75 Å². The van der Waals surface area contributed by atoms with E-state index in [1.165, 1.54) is 17.4 Å². The van der Waals surface area contributed by atoms with Crippen LogP contribution >= 0.6 is 11.3 Å². The Morgan fingerprint density at radius 3 is 2.42 bits per heavy atom. The highest BCUT2D eigenvalue weighted by molar-refractivity contribution is 7.14. The van der Waals surface area contributed by atoms with Crippen LogP contribution < -0.4 is 15.4 Å². The maximum absolute atomic E-state index is 13.2. The lowest BCUT2D eigenvalue weighted by molar-refractivity contribution is -0.166. The van der Waals surface area contributed by atoms with Crippen molar-refractivity contribution < 1.29 is 35.9 Å². The largest absolute Gasteiger partial charge is 0.490 e. The first-order chi connectivity index (χ1) is 17.8. The molecule has 3 aromatic rings. The topological polar surface area (TPSA) is 89.0 Å². The number of halogens is 6. The van der Waals surface area contributed by atoms with Crippen LogP contribution in [0.15, 0.2) is 36.8 Å². The van der Waals surface area contributed by atoms with Gasteiger partial charge in [-0.25, -0.2) is 15.0 Å². The molecule has 7 nitrogen and oxygen atoms in total. The lowest BCUT2D eigenvalue weighted by Crippen LogP contribution is -2.50. The fraction of sp³-hybridized carbons (Fsp3) is 0.417. The molecule has 3 atom stereocenters. The Kier molecular flexibility index (Phi) is 7.93. The number of ether oxygens (including phenoxy) is 1. The third-order valence-electron chi connectivity index (χ3n) is 5.86. The maximum Gasteiger partial charge on any atom is 0.451 e. The number of amides is 1. The standard InChI is InChI=1S/C24H23F6N5O2S/c1-12-9-32-21(38-12)15-5-14(6-18(7-15)37-17-3-4-31-19(8-17)23(25,26)27)20(36)35-13(2)16-10-33-22(34-11-16)24(28,29)30/h5-7,9-11,13,17,19,31H,3-4,8H2,1-2H3,(H,35,36)/t13-,17+,19?/m1/s1. The van der Waals surface area contributed by atoms with E-state index in [0.717, 1.165) is 17.3 Å². The van der Waals surface area contributed by atoms with Gasteiger partial charge in [0.25, 0.3) is 5.91 Å². The number of carbonyl (C=O) groups is 1. The number of piperidine rings is 1. The van der Waals surface area contributed by atoms with E-state index in [0.29, 0.717) is 17.0 Å². The first-order valence-electron chi connectivity index (χ1n) is 11.5. The quantitative estimate of drug-likeness (QED) is 0.389. The van der Waals surface area contributed by atoms with Crippen molar-refractivity contribution in [3.05, 3.63) is 58.6 Å². The molecule has 1 saturated heterocycles. The van der Waals surface area contributed by atoms with Crippen LogP contribution in [0.1, 0.15) is 52.4 Å². The Balaban J connectivity index is 1.56. The van der Waals surface area contributed by atoms with Gasteiger partial charge in [-0.15, -0.1) is 11.3 Å². The summed E-state index contributed by atoms with van der Waals surface area (Å²) in [6.07, 6.45) is -6.14. The van der Waals surface area contributed by atoms with Crippen molar-refractivity contribution in [2.24, 2.45) is 0 Å². The number of hydrogen-bond donors (Lipinski definition) is 2. The summed E-state index contributed by atoms with van der Waals surface area (Å²) in [6.45, 7) is 3.54. The van der Waals surface area contributed by atoms with E-state index in [9.17, 15) is 31.1 Å². The van der Waals surface area contributed by atoms with Gasteiger partial charge in [0.2, 0.25) is 5.82 Å². The molecule has 4 rings (SSSR count). The highest BCUT2D eigenvalue weighted by Crippen LogP contribution is 2.33. The van der Waals surface area contributed by atoms with Crippen molar-refractivity contribution in [2.45, 2.75) is 57.2 Å². The summed E-state index contributed by atoms with van der Waals surface area (Å²) in [5, 5.41) is 5.71. The molecule has 0 aliphatic carbocycles. The molecule has 1 aliphatic rings. The van der Waals surface area contributed by atoms with E-state index in [4.69, 9.17) is 4.74 Å². The molecule has 1 unspecified atom stereocenters. The van der Waals surface area contributed by atoms with Crippen molar-refractivity contribution in [2.75, 3.05) is 6.54 Å². The van der Waals surface area contributed by atoms with Gasteiger partial charge in [-0.1, -0.05) is 0 Å².